The van der Waals surface area contributed by atoms with Crippen molar-refractivity contribution in [2.24, 2.45) is 10.8 Å². The first-order valence-corrected chi connectivity index (χ1v) is 6.99. The fourth-order valence-corrected chi connectivity index (χ4v) is 3.47. The Morgan fingerprint density at radius 1 is 1.12 bits per heavy atom. The van der Waals surface area contributed by atoms with Crippen molar-refractivity contribution >= 4 is 0 Å². The lowest BCUT2D eigenvalue weighted by molar-refractivity contribution is 0.0550. The molecule has 0 aromatic rings. The third kappa shape index (κ3) is 2.53. The highest BCUT2D eigenvalue weighted by atomic mass is 16.5. The maximum atomic E-state index is 5.68. The van der Waals surface area contributed by atoms with E-state index in [1.54, 1.807) is 0 Å². The lowest BCUT2D eigenvalue weighted by Crippen LogP contribution is -2.49. The van der Waals surface area contributed by atoms with E-state index < -0.39 is 0 Å². The summed E-state index contributed by atoms with van der Waals surface area (Å²) in [5.74, 6) is 0. The van der Waals surface area contributed by atoms with Crippen LogP contribution in [0.2, 0.25) is 0 Å². The number of nitrogens with zero attached hydrogens (tertiary/aromatic N) is 1. The van der Waals surface area contributed by atoms with Gasteiger partial charge in [-0.1, -0.05) is 20.8 Å². The molecule has 2 rings (SSSR count). The van der Waals surface area contributed by atoms with Gasteiger partial charge in [0, 0.05) is 30.1 Å². The molecular weight excluding hydrogens is 210 g/mol. The molecule has 2 aliphatic rings. The molecular formula is C15H29NO. The zero-order chi connectivity index (χ0) is 12.9. The molecule has 0 aliphatic carbocycles. The fraction of sp³-hybridized carbons (Fsp3) is 1.00. The summed E-state index contributed by atoms with van der Waals surface area (Å²) in [4.78, 5) is 2.72. The van der Waals surface area contributed by atoms with Crippen LogP contribution in [0.5, 0.6) is 0 Å². The van der Waals surface area contributed by atoms with E-state index in [0.29, 0.717) is 16.9 Å². The van der Waals surface area contributed by atoms with Crippen molar-refractivity contribution in [1.82, 2.24) is 4.90 Å². The molecule has 0 aromatic carbocycles. The van der Waals surface area contributed by atoms with Gasteiger partial charge in [-0.05, 0) is 39.0 Å². The van der Waals surface area contributed by atoms with Gasteiger partial charge < -0.3 is 4.74 Å². The van der Waals surface area contributed by atoms with Crippen LogP contribution in [0.3, 0.4) is 0 Å². The molecule has 2 saturated heterocycles. The zero-order valence-corrected chi connectivity index (χ0v) is 12.5. The van der Waals surface area contributed by atoms with Gasteiger partial charge in [0.05, 0.1) is 6.61 Å². The highest BCUT2D eigenvalue weighted by Gasteiger charge is 2.52. The number of likely N-dealkylation sites (tertiary alicyclic amines) is 1. The molecule has 2 heteroatoms. The van der Waals surface area contributed by atoms with Gasteiger partial charge in [-0.15, -0.1) is 0 Å². The van der Waals surface area contributed by atoms with E-state index in [9.17, 15) is 0 Å². The number of hydrogen-bond donors (Lipinski definition) is 0. The van der Waals surface area contributed by atoms with Crippen LogP contribution in [0.1, 0.15) is 54.4 Å². The average Bonchev–Trinajstić information content (AvgIpc) is 2.72. The van der Waals surface area contributed by atoms with E-state index in [1.165, 1.54) is 19.4 Å². The van der Waals surface area contributed by atoms with Crippen LogP contribution in [0.25, 0.3) is 0 Å². The molecule has 0 saturated carbocycles. The Labute approximate surface area is 107 Å². The fourth-order valence-electron chi connectivity index (χ4n) is 3.47. The summed E-state index contributed by atoms with van der Waals surface area (Å²) in [6.45, 7) is 17.4. The lowest BCUT2D eigenvalue weighted by Gasteiger charge is -2.43. The van der Waals surface area contributed by atoms with Gasteiger partial charge in [0.15, 0.2) is 0 Å². The standard InChI is InChI=1S/C15H29NO/c1-13(2,3)12-9-15(7-8-17-11-15)10-16(12)14(4,5)6/h12H,7-11H2,1-6H3. The Kier molecular flexibility index (Phi) is 3.11. The van der Waals surface area contributed by atoms with Crippen molar-refractivity contribution in [3.8, 4) is 0 Å². The van der Waals surface area contributed by atoms with E-state index >= 15 is 0 Å². The minimum Gasteiger partial charge on any atom is -0.381 e. The molecule has 2 atom stereocenters. The molecule has 0 aromatic heterocycles. The SMILES string of the molecule is CC(C)(C)C1CC2(CCOC2)CN1C(C)(C)C. The molecule has 0 N–H and O–H groups in total. The van der Waals surface area contributed by atoms with E-state index in [-0.39, 0.29) is 5.54 Å². The van der Waals surface area contributed by atoms with Gasteiger partial charge in [-0.2, -0.15) is 0 Å². The van der Waals surface area contributed by atoms with Crippen LogP contribution in [0.15, 0.2) is 0 Å². The summed E-state index contributed by atoms with van der Waals surface area (Å²) < 4.78 is 5.68. The van der Waals surface area contributed by atoms with Crippen LogP contribution in [0.4, 0.5) is 0 Å². The van der Waals surface area contributed by atoms with Gasteiger partial charge in [-0.3, -0.25) is 4.90 Å². The summed E-state index contributed by atoms with van der Waals surface area (Å²) in [5, 5.41) is 0. The van der Waals surface area contributed by atoms with Gasteiger partial charge in [0.1, 0.15) is 0 Å². The Hall–Kier alpha value is -0.0800. The third-order valence-electron chi connectivity index (χ3n) is 4.55. The topological polar surface area (TPSA) is 12.5 Å². The minimum absolute atomic E-state index is 0.268. The van der Waals surface area contributed by atoms with Gasteiger partial charge in [0.25, 0.3) is 0 Å². The highest BCUT2D eigenvalue weighted by molar-refractivity contribution is 5.04. The van der Waals surface area contributed by atoms with Gasteiger partial charge >= 0.3 is 0 Å². The second-order valence-electron chi connectivity index (χ2n) is 8.19. The monoisotopic (exact) mass is 239 g/mol. The van der Waals surface area contributed by atoms with Gasteiger partial charge in [0.2, 0.25) is 0 Å². The Balaban J connectivity index is 2.24. The van der Waals surface area contributed by atoms with Crippen molar-refractivity contribution in [1.29, 1.82) is 0 Å². The molecule has 2 unspecified atom stereocenters. The van der Waals surface area contributed by atoms with E-state index in [4.69, 9.17) is 4.74 Å². The molecule has 2 fully saturated rings. The first-order chi connectivity index (χ1) is 7.64. The van der Waals surface area contributed by atoms with Crippen LogP contribution < -0.4 is 0 Å². The summed E-state index contributed by atoms with van der Waals surface area (Å²) in [6.07, 6.45) is 2.57. The van der Waals surface area contributed by atoms with Crippen molar-refractivity contribution in [2.75, 3.05) is 19.8 Å². The Bertz CT molecular complexity index is 254. The maximum Gasteiger partial charge on any atom is 0.0536 e. The molecule has 0 amide bonds. The van der Waals surface area contributed by atoms with E-state index in [1.807, 2.05) is 0 Å². The van der Waals surface area contributed by atoms with Gasteiger partial charge in [-0.25, -0.2) is 0 Å². The zero-order valence-electron chi connectivity index (χ0n) is 12.5. The minimum atomic E-state index is 0.268. The second-order valence-corrected chi connectivity index (χ2v) is 8.19. The normalized spacial score (nSPS) is 36.0. The first kappa shape index (κ1) is 13.4. The molecule has 1 spiro atoms. The summed E-state index contributed by atoms with van der Waals surface area (Å²) in [5.41, 5.74) is 1.08. The number of rotatable bonds is 0. The maximum absolute atomic E-state index is 5.68. The van der Waals surface area contributed by atoms with Crippen LogP contribution in [0, 0.1) is 10.8 Å². The molecule has 17 heavy (non-hydrogen) atoms. The quantitative estimate of drug-likeness (QED) is 0.643. The second kappa shape index (κ2) is 3.96. The summed E-state index contributed by atoms with van der Waals surface area (Å²) in [6, 6.07) is 0.684. The highest BCUT2D eigenvalue weighted by Crippen LogP contribution is 2.48. The number of hydrogen-bond acceptors (Lipinski definition) is 2. The van der Waals surface area contributed by atoms with Crippen LogP contribution >= 0.6 is 0 Å². The molecule has 2 aliphatic heterocycles. The predicted molar refractivity (Wildman–Crippen MR) is 72.2 cm³/mol. The van der Waals surface area contributed by atoms with Crippen molar-refractivity contribution in [3.05, 3.63) is 0 Å². The third-order valence-corrected chi connectivity index (χ3v) is 4.55. The smallest absolute Gasteiger partial charge is 0.0536 e. The first-order valence-electron chi connectivity index (χ1n) is 6.99. The number of ether oxygens (including phenoxy) is 1. The Morgan fingerprint density at radius 3 is 2.12 bits per heavy atom. The largest absolute Gasteiger partial charge is 0.381 e. The predicted octanol–water partition coefficient (Wildman–Crippen LogP) is 3.31. The molecule has 100 valence electrons. The van der Waals surface area contributed by atoms with Crippen LogP contribution in [-0.4, -0.2) is 36.2 Å². The molecule has 2 nitrogen and oxygen atoms in total. The van der Waals surface area contributed by atoms with Crippen molar-refractivity contribution < 1.29 is 4.74 Å². The van der Waals surface area contributed by atoms with Crippen molar-refractivity contribution in [3.63, 3.8) is 0 Å². The summed E-state index contributed by atoms with van der Waals surface area (Å²) in [7, 11) is 0. The summed E-state index contributed by atoms with van der Waals surface area (Å²) >= 11 is 0. The average molecular weight is 239 g/mol. The van der Waals surface area contributed by atoms with E-state index in [0.717, 1.165) is 13.2 Å². The Morgan fingerprint density at radius 2 is 1.76 bits per heavy atom. The van der Waals surface area contributed by atoms with Crippen molar-refractivity contribution in [2.45, 2.75) is 66.0 Å². The van der Waals surface area contributed by atoms with E-state index in [2.05, 4.69) is 46.4 Å². The lowest BCUT2D eigenvalue weighted by atomic mass is 9.77. The van der Waals surface area contributed by atoms with Crippen LogP contribution in [-0.2, 0) is 4.74 Å². The molecule has 0 radical (unpaired) electrons. The molecule has 2 heterocycles. The molecule has 0 bridgehead atoms.